The zero-order valence-electron chi connectivity index (χ0n) is 4.88. The topological polar surface area (TPSA) is 26.0 Å². The maximum Gasteiger partial charge on any atom is 0.0108 e. The van der Waals surface area contributed by atoms with Crippen LogP contribution in [-0.2, 0) is 0 Å². The summed E-state index contributed by atoms with van der Waals surface area (Å²) in [4.78, 5) is 0. The van der Waals surface area contributed by atoms with Crippen LogP contribution in [0.1, 0.15) is 12.8 Å². The quantitative estimate of drug-likeness (QED) is 0.460. The summed E-state index contributed by atoms with van der Waals surface area (Å²) in [5, 5.41) is 0. The van der Waals surface area contributed by atoms with Gasteiger partial charge in [-0.1, -0.05) is 12.2 Å². The van der Waals surface area contributed by atoms with Gasteiger partial charge in [0, 0.05) is 6.04 Å². The average Bonchev–Trinajstić information content (AvgIpc) is 2.23. The predicted octanol–water partition coefficient (Wildman–Crippen LogP) is 0.910. The Kier molecular flexibility index (Phi) is 0.770. The summed E-state index contributed by atoms with van der Waals surface area (Å²) in [6.45, 7) is 0. The van der Waals surface area contributed by atoms with Crippen LogP contribution in [0, 0.1) is 11.8 Å². The van der Waals surface area contributed by atoms with Gasteiger partial charge in [0.25, 0.3) is 0 Å². The van der Waals surface area contributed by atoms with Crippen molar-refractivity contribution in [3.8, 4) is 0 Å². The molecule has 1 saturated carbocycles. The lowest BCUT2D eigenvalue weighted by atomic mass is 10.0. The molecule has 8 heavy (non-hydrogen) atoms. The summed E-state index contributed by atoms with van der Waals surface area (Å²) in [5.41, 5.74) is 5.77. The molecule has 44 valence electrons. The molecule has 0 heterocycles. The van der Waals surface area contributed by atoms with Crippen LogP contribution < -0.4 is 5.73 Å². The van der Waals surface area contributed by atoms with Crippen molar-refractivity contribution < 1.29 is 0 Å². The van der Waals surface area contributed by atoms with Gasteiger partial charge in [-0.15, -0.1) is 0 Å². The Bertz CT molecular complexity index is 128. The number of rotatable bonds is 0. The maximum atomic E-state index is 5.77. The number of hydrogen-bond donors (Lipinski definition) is 1. The molecule has 1 heteroatoms. The van der Waals surface area contributed by atoms with Crippen molar-refractivity contribution in [2.45, 2.75) is 18.9 Å². The molecule has 0 radical (unpaired) electrons. The lowest BCUT2D eigenvalue weighted by molar-refractivity contribution is 0.576. The van der Waals surface area contributed by atoms with Gasteiger partial charge in [0.1, 0.15) is 0 Å². The molecule has 0 aromatic carbocycles. The summed E-state index contributed by atoms with van der Waals surface area (Å²) >= 11 is 0. The third-order valence-corrected chi connectivity index (χ3v) is 2.33. The van der Waals surface area contributed by atoms with E-state index in [9.17, 15) is 0 Å². The Morgan fingerprint density at radius 1 is 1.25 bits per heavy atom. The largest absolute Gasteiger partial charge is 0.327 e. The van der Waals surface area contributed by atoms with Gasteiger partial charge in [-0.3, -0.25) is 0 Å². The molecule has 2 aliphatic rings. The highest BCUT2D eigenvalue weighted by Gasteiger charge is 2.32. The van der Waals surface area contributed by atoms with Crippen molar-refractivity contribution in [1.29, 1.82) is 0 Å². The summed E-state index contributed by atoms with van der Waals surface area (Å²) in [5.74, 6) is 1.58. The molecule has 2 bridgehead atoms. The van der Waals surface area contributed by atoms with E-state index in [1.807, 2.05) is 0 Å². The van der Waals surface area contributed by atoms with Gasteiger partial charge >= 0.3 is 0 Å². The van der Waals surface area contributed by atoms with Gasteiger partial charge in [-0.25, -0.2) is 0 Å². The van der Waals surface area contributed by atoms with Crippen molar-refractivity contribution in [3.05, 3.63) is 12.2 Å². The standard InChI is InChI=1S/C7H11N/c8-7-4-5-1-2-6(7)3-5/h1-2,5-7H,3-4,8H2. The molecule has 1 fully saturated rings. The molecule has 1 nitrogen and oxygen atoms in total. The van der Waals surface area contributed by atoms with Crippen LogP contribution in [0.25, 0.3) is 0 Å². The van der Waals surface area contributed by atoms with E-state index in [4.69, 9.17) is 5.73 Å². The van der Waals surface area contributed by atoms with Crippen LogP contribution in [0.3, 0.4) is 0 Å². The monoisotopic (exact) mass is 109 g/mol. The second kappa shape index (κ2) is 1.35. The SMILES string of the molecule is NC1CC2C=CC1C2. The summed E-state index contributed by atoms with van der Waals surface area (Å²) in [6.07, 6.45) is 7.16. The molecule has 0 saturated heterocycles. The number of hydrogen-bond acceptors (Lipinski definition) is 1. The van der Waals surface area contributed by atoms with Crippen LogP contribution in [-0.4, -0.2) is 6.04 Å². The highest BCUT2D eigenvalue weighted by atomic mass is 14.7. The second-order valence-electron chi connectivity index (χ2n) is 2.94. The van der Waals surface area contributed by atoms with E-state index in [-0.39, 0.29) is 0 Å². The van der Waals surface area contributed by atoms with E-state index in [0.717, 1.165) is 11.8 Å². The van der Waals surface area contributed by atoms with Crippen LogP contribution in [0.2, 0.25) is 0 Å². The maximum absolute atomic E-state index is 5.77. The molecule has 2 N–H and O–H groups in total. The fraction of sp³-hybridized carbons (Fsp3) is 0.714. The smallest absolute Gasteiger partial charge is 0.0108 e. The molecule has 0 aliphatic heterocycles. The number of nitrogens with two attached hydrogens (primary N) is 1. The first-order valence-electron chi connectivity index (χ1n) is 3.30. The summed E-state index contributed by atoms with van der Waals surface area (Å²) < 4.78 is 0. The minimum atomic E-state index is 0.491. The van der Waals surface area contributed by atoms with Gasteiger partial charge in [-0.05, 0) is 24.7 Å². The van der Waals surface area contributed by atoms with Crippen LogP contribution in [0.5, 0.6) is 0 Å². The Morgan fingerprint density at radius 2 is 2.12 bits per heavy atom. The molecule has 2 rings (SSSR count). The van der Waals surface area contributed by atoms with Crippen LogP contribution in [0.15, 0.2) is 12.2 Å². The van der Waals surface area contributed by atoms with Gasteiger partial charge in [0.15, 0.2) is 0 Å². The first kappa shape index (κ1) is 4.57. The first-order chi connectivity index (χ1) is 3.86. The molecule has 0 spiro atoms. The third-order valence-electron chi connectivity index (χ3n) is 2.33. The van der Waals surface area contributed by atoms with E-state index in [2.05, 4.69) is 12.2 Å². The lowest BCUT2D eigenvalue weighted by Crippen LogP contribution is -2.23. The van der Waals surface area contributed by atoms with Crippen molar-refractivity contribution in [2.75, 3.05) is 0 Å². The van der Waals surface area contributed by atoms with Crippen molar-refractivity contribution >= 4 is 0 Å². The van der Waals surface area contributed by atoms with Crippen LogP contribution in [0.4, 0.5) is 0 Å². The van der Waals surface area contributed by atoms with E-state index >= 15 is 0 Å². The Morgan fingerprint density at radius 3 is 2.38 bits per heavy atom. The van der Waals surface area contributed by atoms with Crippen molar-refractivity contribution in [1.82, 2.24) is 0 Å². The molecular weight excluding hydrogens is 98.1 g/mol. The predicted molar refractivity (Wildman–Crippen MR) is 33.3 cm³/mol. The summed E-state index contributed by atoms with van der Waals surface area (Å²) in [6, 6.07) is 0.491. The molecule has 3 unspecified atom stereocenters. The van der Waals surface area contributed by atoms with E-state index in [0.29, 0.717) is 6.04 Å². The average molecular weight is 109 g/mol. The van der Waals surface area contributed by atoms with E-state index in [1.165, 1.54) is 12.8 Å². The van der Waals surface area contributed by atoms with Gasteiger partial charge < -0.3 is 5.73 Å². The second-order valence-corrected chi connectivity index (χ2v) is 2.94. The molecule has 0 amide bonds. The highest BCUT2D eigenvalue weighted by Crippen LogP contribution is 2.37. The van der Waals surface area contributed by atoms with E-state index < -0.39 is 0 Å². The molecule has 3 atom stereocenters. The Hall–Kier alpha value is -0.300. The molecule has 0 aromatic heterocycles. The molecular formula is C7H11N. The molecule has 0 aromatic rings. The first-order valence-corrected chi connectivity index (χ1v) is 3.30. The minimum Gasteiger partial charge on any atom is -0.327 e. The normalized spacial score (nSPS) is 50.9. The van der Waals surface area contributed by atoms with Crippen molar-refractivity contribution in [3.63, 3.8) is 0 Å². The molecule has 2 aliphatic carbocycles. The third kappa shape index (κ3) is 0.451. The zero-order chi connectivity index (χ0) is 5.56. The minimum absolute atomic E-state index is 0.491. The van der Waals surface area contributed by atoms with Gasteiger partial charge in [-0.2, -0.15) is 0 Å². The fourth-order valence-electron chi connectivity index (χ4n) is 1.82. The highest BCUT2D eigenvalue weighted by molar-refractivity contribution is 5.11. The van der Waals surface area contributed by atoms with Gasteiger partial charge in [0.2, 0.25) is 0 Å². The number of allylic oxidation sites excluding steroid dienone is 1. The Labute approximate surface area is 49.6 Å². The van der Waals surface area contributed by atoms with Crippen LogP contribution >= 0.6 is 0 Å². The lowest BCUT2D eigenvalue weighted by Gasteiger charge is -2.10. The van der Waals surface area contributed by atoms with Crippen molar-refractivity contribution in [2.24, 2.45) is 17.6 Å². The summed E-state index contributed by atoms with van der Waals surface area (Å²) in [7, 11) is 0. The number of fused-ring (bicyclic) bond motifs is 2. The fourth-order valence-corrected chi connectivity index (χ4v) is 1.82. The Balaban J connectivity index is 2.23. The zero-order valence-corrected chi connectivity index (χ0v) is 4.88. The van der Waals surface area contributed by atoms with E-state index in [1.54, 1.807) is 0 Å². The van der Waals surface area contributed by atoms with Gasteiger partial charge in [0.05, 0.1) is 0 Å².